The molecule has 0 fully saturated rings. The summed E-state index contributed by atoms with van der Waals surface area (Å²) in [6.45, 7) is 0. The van der Waals surface area contributed by atoms with Gasteiger partial charge in [-0.25, -0.2) is 0 Å². The molecule has 1 atom stereocenters. The third kappa shape index (κ3) is 3.40. The van der Waals surface area contributed by atoms with Gasteiger partial charge >= 0.3 is 0 Å². The largest absolute Gasteiger partial charge is 0.327 e. The highest BCUT2D eigenvalue weighted by atomic mass is 79.9. The van der Waals surface area contributed by atoms with Crippen molar-refractivity contribution >= 4 is 27.3 Å². The van der Waals surface area contributed by atoms with Crippen molar-refractivity contribution < 1.29 is 0 Å². The second-order valence-corrected chi connectivity index (χ2v) is 5.67. The van der Waals surface area contributed by atoms with E-state index in [1.165, 1.54) is 10.4 Å². The first-order chi connectivity index (χ1) is 7.74. The van der Waals surface area contributed by atoms with Crippen LogP contribution in [0.5, 0.6) is 0 Å². The number of pyridine rings is 1. The molecule has 0 aliphatic rings. The Labute approximate surface area is 108 Å². The van der Waals surface area contributed by atoms with Gasteiger partial charge in [0.25, 0.3) is 0 Å². The fourth-order valence-corrected chi connectivity index (χ4v) is 3.16. The van der Waals surface area contributed by atoms with Gasteiger partial charge in [0.05, 0.1) is 0 Å². The summed E-state index contributed by atoms with van der Waals surface area (Å²) in [6, 6.07) is 6.31. The van der Waals surface area contributed by atoms with Gasteiger partial charge in [0, 0.05) is 33.2 Å². The van der Waals surface area contributed by atoms with Crippen LogP contribution in [-0.4, -0.2) is 11.0 Å². The Balaban J connectivity index is 1.92. The van der Waals surface area contributed by atoms with Gasteiger partial charge in [-0.15, -0.1) is 11.3 Å². The van der Waals surface area contributed by atoms with Crippen LogP contribution in [0.15, 0.2) is 40.4 Å². The third-order valence-electron chi connectivity index (χ3n) is 2.31. The van der Waals surface area contributed by atoms with Gasteiger partial charge in [-0.3, -0.25) is 4.98 Å². The van der Waals surface area contributed by atoms with Gasteiger partial charge in [-0.2, -0.15) is 0 Å². The Hall–Kier alpha value is -0.710. The average Bonchev–Trinajstić information content (AvgIpc) is 2.65. The maximum Gasteiger partial charge on any atom is 0.0300 e. The van der Waals surface area contributed by atoms with Crippen LogP contribution in [0.4, 0.5) is 0 Å². The van der Waals surface area contributed by atoms with Crippen LogP contribution in [-0.2, 0) is 12.8 Å². The minimum absolute atomic E-state index is 0.162. The van der Waals surface area contributed by atoms with E-state index in [1.54, 1.807) is 17.5 Å². The first kappa shape index (κ1) is 11.8. The zero-order chi connectivity index (χ0) is 11.4. The Kier molecular flexibility index (Phi) is 4.09. The van der Waals surface area contributed by atoms with E-state index < -0.39 is 0 Å². The Morgan fingerprint density at radius 3 is 2.94 bits per heavy atom. The maximum atomic E-state index is 6.11. The molecule has 84 valence electrons. The van der Waals surface area contributed by atoms with E-state index in [0.29, 0.717) is 0 Å². The van der Waals surface area contributed by atoms with Crippen molar-refractivity contribution in [2.45, 2.75) is 18.9 Å². The first-order valence-electron chi connectivity index (χ1n) is 5.11. The van der Waals surface area contributed by atoms with Gasteiger partial charge in [-0.05, 0) is 46.5 Å². The smallest absolute Gasteiger partial charge is 0.0300 e. The van der Waals surface area contributed by atoms with Gasteiger partial charge < -0.3 is 5.73 Å². The topological polar surface area (TPSA) is 38.9 Å². The van der Waals surface area contributed by atoms with E-state index in [1.807, 2.05) is 12.3 Å². The van der Waals surface area contributed by atoms with Gasteiger partial charge in [0.1, 0.15) is 0 Å². The molecule has 1 unspecified atom stereocenters. The molecule has 0 saturated carbocycles. The maximum absolute atomic E-state index is 6.11. The lowest BCUT2D eigenvalue weighted by Gasteiger charge is -2.09. The molecule has 16 heavy (non-hydrogen) atoms. The summed E-state index contributed by atoms with van der Waals surface area (Å²) < 4.78 is 1.14. The molecule has 0 aromatic carbocycles. The number of hydrogen-bond donors (Lipinski definition) is 1. The fraction of sp³-hybridized carbons (Fsp3) is 0.250. The van der Waals surface area contributed by atoms with Gasteiger partial charge in [0.2, 0.25) is 0 Å². The van der Waals surface area contributed by atoms with Gasteiger partial charge in [0.15, 0.2) is 0 Å². The Morgan fingerprint density at radius 1 is 1.44 bits per heavy atom. The molecule has 2 N–H and O–H groups in total. The van der Waals surface area contributed by atoms with Crippen molar-refractivity contribution in [2.24, 2.45) is 5.73 Å². The molecule has 2 rings (SSSR count). The molecular weight excluding hydrogens is 284 g/mol. The SMILES string of the molecule is NC(Cc1cccnc1)Cc1cc(Br)cs1. The minimum atomic E-state index is 0.162. The van der Waals surface area contributed by atoms with E-state index >= 15 is 0 Å². The summed E-state index contributed by atoms with van der Waals surface area (Å²) in [5.41, 5.74) is 7.31. The molecule has 0 aliphatic carbocycles. The van der Waals surface area contributed by atoms with Crippen molar-refractivity contribution in [2.75, 3.05) is 0 Å². The van der Waals surface area contributed by atoms with Crippen molar-refractivity contribution in [3.8, 4) is 0 Å². The highest BCUT2D eigenvalue weighted by Crippen LogP contribution is 2.21. The summed E-state index contributed by atoms with van der Waals surface area (Å²) in [4.78, 5) is 5.41. The minimum Gasteiger partial charge on any atom is -0.327 e. The fourth-order valence-electron chi connectivity index (χ4n) is 1.61. The van der Waals surface area contributed by atoms with Gasteiger partial charge in [-0.1, -0.05) is 6.07 Å². The average molecular weight is 297 g/mol. The summed E-state index contributed by atoms with van der Waals surface area (Å²) >= 11 is 5.19. The number of halogens is 1. The van der Waals surface area contributed by atoms with Crippen LogP contribution in [0.2, 0.25) is 0 Å². The Bertz CT molecular complexity index is 441. The highest BCUT2D eigenvalue weighted by molar-refractivity contribution is 9.10. The van der Waals surface area contributed by atoms with Crippen molar-refractivity contribution in [3.63, 3.8) is 0 Å². The molecule has 0 saturated heterocycles. The number of rotatable bonds is 4. The number of hydrogen-bond acceptors (Lipinski definition) is 3. The molecule has 2 aromatic rings. The molecule has 2 aromatic heterocycles. The highest BCUT2D eigenvalue weighted by Gasteiger charge is 2.07. The summed E-state index contributed by atoms with van der Waals surface area (Å²) in [5.74, 6) is 0. The lowest BCUT2D eigenvalue weighted by atomic mass is 10.1. The van der Waals surface area contributed by atoms with E-state index in [-0.39, 0.29) is 6.04 Å². The van der Waals surface area contributed by atoms with Crippen molar-refractivity contribution in [1.82, 2.24) is 4.98 Å². The number of nitrogens with zero attached hydrogens (tertiary/aromatic N) is 1. The van der Waals surface area contributed by atoms with Crippen LogP contribution in [0, 0.1) is 0 Å². The lowest BCUT2D eigenvalue weighted by molar-refractivity contribution is 0.669. The predicted molar refractivity (Wildman–Crippen MR) is 71.6 cm³/mol. The lowest BCUT2D eigenvalue weighted by Crippen LogP contribution is -2.25. The number of thiophene rings is 1. The molecular formula is C12H13BrN2S. The summed E-state index contributed by atoms with van der Waals surface area (Å²) in [7, 11) is 0. The third-order valence-corrected chi connectivity index (χ3v) is 4.03. The molecule has 2 nitrogen and oxygen atoms in total. The van der Waals surface area contributed by atoms with E-state index in [2.05, 4.69) is 38.4 Å². The van der Waals surface area contributed by atoms with Crippen LogP contribution < -0.4 is 5.73 Å². The summed E-state index contributed by atoms with van der Waals surface area (Å²) in [6.07, 6.45) is 5.46. The van der Waals surface area contributed by atoms with Crippen LogP contribution in [0.25, 0.3) is 0 Å². The van der Waals surface area contributed by atoms with E-state index in [0.717, 1.165) is 17.3 Å². The molecule has 4 heteroatoms. The zero-order valence-electron chi connectivity index (χ0n) is 8.77. The number of nitrogens with two attached hydrogens (primary N) is 1. The molecule has 0 spiro atoms. The standard InChI is InChI=1S/C12H13BrN2S/c13-10-5-12(16-8-10)6-11(14)4-9-2-1-3-15-7-9/h1-3,5,7-8,11H,4,6,14H2. The van der Waals surface area contributed by atoms with Crippen LogP contribution in [0.1, 0.15) is 10.4 Å². The van der Waals surface area contributed by atoms with Crippen LogP contribution in [0.3, 0.4) is 0 Å². The molecule has 2 heterocycles. The van der Waals surface area contributed by atoms with E-state index in [4.69, 9.17) is 5.73 Å². The second kappa shape index (κ2) is 5.57. The predicted octanol–water partition coefficient (Wildman–Crippen LogP) is 3.02. The monoisotopic (exact) mass is 296 g/mol. The van der Waals surface area contributed by atoms with E-state index in [9.17, 15) is 0 Å². The molecule has 0 amide bonds. The molecule has 0 bridgehead atoms. The summed E-state index contributed by atoms with van der Waals surface area (Å²) in [5, 5.41) is 2.09. The second-order valence-electron chi connectivity index (χ2n) is 3.76. The van der Waals surface area contributed by atoms with Crippen molar-refractivity contribution in [3.05, 3.63) is 50.9 Å². The Morgan fingerprint density at radius 2 is 2.31 bits per heavy atom. The normalized spacial score (nSPS) is 12.6. The van der Waals surface area contributed by atoms with Crippen molar-refractivity contribution in [1.29, 1.82) is 0 Å². The molecule has 0 aliphatic heterocycles. The number of aromatic nitrogens is 1. The quantitative estimate of drug-likeness (QED) is 0.942. The molecule has 0 radical (unpaired) electrons. The zero-order valence-corrected chi connectivity index (χ0v) is 11.2. The van der Waals surface area contributed by atoms with Crippen LogP contribution >= 0.6 is 27.3 Å². The first-order valence-corrected chi connectivity index (χ1v) is 6.78.